The number of nitrogens with one attached hydrogen (secondary N) is 1. The first kappa shape index (κ1) is 28.7. The maximum Gasteiger partial charge on any atom is 0.303 e. The number of rotatable bonds is 14. The van der Waals surface area contributed by atoms with Crippen LogP contribution < -0.4 is 19.5 Å². The molecule has 1 fully saturated rings. The lowest BCUT2D eigenvalue weighted by Crippen LogP contribution is -2.66. The monoisotopic (exact) mass is 539 g/mol. The fourth-order valence-electron chi connectivity index (χ4n) is 5.58. The number of para-hydroxylation sites is 1. The molecule has 2 atom stereocenters. The van der Waals surface area contributed by atoms with Gasteiger partial charge < -0.3 is 29.4 Å². The highest BCUT2D eigenvalue weighted by molar-refractivity contribution is 5.96. The zero-order valence-corrected chi connectivity index (χ0v) is 23.5. The van der Waals surface area contributed by atoms with Gasteiger partial charge in [0.1, 0.15) is 17.2 Å². The normalized spacial score (nSPS) is 21.9. The third-order valence-electron chi connectivity index (χ3n) is 7.62. The van der Waals surface area contributed by atoms with Crippen LogP contribution in [-0.2, 0) is 22.4 Å². The Morgan fingerprint density at radius 2 is 1.95 bits per heavy atom. The smallest absolute Gasteiger partial charge is 0.303 e. The van der Waals surface area contributed by atoms with Crippen molar-refractivity contribution in [1.29, 1.82) is 0 Å². The van der Waals surface area contributed by atoms with Crippen LogP contribution >= 0.6 is 0 Å². The summed E-state index contributed by atoms with van der Waals surface area (Å²) in [6, 6.07) is 11.3. The SMILES string of the molecule is CCCOC1(CCC(=O)O)Oc2c(CCC)cccc2CC1(CC1CC1)Oc1ccc(C(=O)NC)c(OC)c1. The molecule has 0 aromatic heterocycles. The quantitative estimate of drug-likeness (QED) is 0.325. The van der Waals surface area contributed by atoms with E-state index >= 15 is 0 Å². The maximum absolute atomic E-state index is 12.4. The molecule has 1 saturated carbocycles. The highest BCUT2D eigenvalue weighted by Crippen LogP contribution is 2.53. The number of carbonyl (C=O) groups is 2. The van der Waals surface area contributed by atoms with Gasteiger partial charge in [0.05, 0.1) is 25.7 Å². The number of carbonyl (C=O) groups excluding carboxylic acids is 1. The molecule has 39 heavy (non-hydrogen) atoms. The predicted octanol–water partition coefficient (Wildman–Crippen LogP) is 5.55. The summed E-state index contributed by atoms with van der Waals surface area (Å²) < 4.78 is 26.0. The Bertz CT molecular complexity index is 1180. The second kappa shape index (κ2) is 12.3. The van der Waals surface area contributed by atoms with Crippen molar-refractivity contribution in [2.75, 3.05) is 20.8 Å². The summed E-state index contributed by atoms with van der Waals surface area (Å²) >= 11 is 0. The van der Waals surface area contributed by atoms with Gasteiger partial charge in [-0.25, -0.2) is 0 Å². The van der Waals surface area contributed by atoms with Crippen LogP contribution in [0.1, 0.15) is 80.3 Å². The van der Waals surface area contributed by atoms with Crippen molar-refractivity contribution in [3.63, 3.8) is 0 Å². The fraction of sp³-hybridized carbons (Fsp3) is 0.548. The summed E-state index contributed by atoms with van der Waals surface area (Å²) in [5, 5.41) is 12.4. The average molecular weight is 540 g/mol. The van der Waals surface area contributed by atoms with Crippen LogP contribution in [0.15, 0.2) is 36.4 Å². The van der Waals surface area contributed by atoms with Crippen LogP contribution in [0.4, 0.5) is 0 Å². The molecule has 1 aliphatic carbocycles. The molecule has 2 aromatic carbocycles. The van der Waals surface area contributed by atoms with Gasteiger partial charge in [-0.1, -0.05) is 51.3 Å². The lowest BCUT2D eigenvalue weighted by atomic mass is 9.76. The standard InChI is InChI=1S/C31H41NO7/c1-5-8-22-9-7-10-23-20-30(19-21-11-12-21,31(37-17-6-2,39-28(22)23)16-15-27(33)34)38-24-13-14-25(29(35)32-3)26(18-24)36-4/h7,9-10,13-14,18,21H,5-6,8,11-12,15-17,19-20H2,1-4H3,(H,32,35)(H,33,34). The molecule has 0 saturated heterocycles. The maximum atomic E-state index is 12.4. The number of aryl methyl sites for hydroxylation is 1. The molecule has 2 aliphatic rings. The number of fused-ring (bicyclic) bond motifs is 1. The molecule has 0 spiro atoms. The number of aliphatic carboxylic acids is 1. The minimum Gasteiger partial charge on any atom is -0.496 e. The largest absolute Gasteiger partial charge is 0.496 e. The van der Waals surface area contributed by atoms with E-state index < -0.39 is 17.4 Å². The number of amides is 1. The van der Waals surface area contributed by atoms with Crippen LogP contribution in [-0.4, -0.2) is 49.1 Å². The highest BCUT2D eigenvalue weighted by Gasteiger charge is 2.61. The van der Waals surface area contributed by atoms with Crippen molar-refractivity contribution in [1.82, 2.24) is 5.32 Å². The van der Waals surface area contributed by atoms with Crippen molar-refractivity contribution in [2.45, 2.75) is 83.0 Å². The Hall–Kier alpha value is -3.26. The first-order chi connectivity index (χ1) is 18.8. The zero-order chi connectivity index (χ0) is 28.0. The topological polar surface area (TPSA) is 103 Å². The van der Waals surface area contributed by atoms with Crippen molar-refractivity contribution < 1.29 is 33.6 Å². The number of carboxylic acids is 1. The van der Waals surface area contributed by atoms with E-state index in [0.717, 1.165) is 49.0 Å². The second-order valence-electron chi connectivity index (χ2n) is 10.6. The molecular formula is C31H41NO7. The molecule has 1 aliphatic heterocycles. The van der Waals surface area contributed by atoms with Crippen LogP contribution in [0, 0.1) is 5.92 Å². The predicted molar refractivity (Wildman–Crippen MR) is 148 cm³/mol. The zero-order valence-electron chi connectivity index (χ0n) is 23.5. The summed E-state index contributed by atoms with van der Waals surface area (Å²) in [6.07, 6.45) is 5.90. The Labute approximate surface area is 231 Å². The summed E-state index contributed by atoms with van der Waals surface area (Å²) in [4.78, 5) is 24.3. The van der Waals surface area contributed by atoms with Gasteiger partial charge >= 0.3 is 5.97 Å². The van der Waals surface area contributed by atoms with E-state index in [1.807, 2.05) is 13.0 Å². The summed E-state index contributed by atoms with van der Waals surface area (Å²) in [6.45, 7) is 4.55. The molecule has 1 heterocycles. The van der Waals surface area contributed by atoms with E-state index in [1.54, 1.807) is 25.2 Å². The van der Waals surface area contributed by atoms with Crippen LogP contribution in [0.2, 0.25) is 0 Å². The minimum absolute atomic E-state index is 0.121. The molecule has 4 rings (SSSR count). The molecule has 212 valence electrons. The number of methoxy groups -OCH3 is 1. The van der Waals surface area contributed by atoms with Crippen molar-refractivity contribution in [2.24, 2.45) is 5.92 Å². The number of benzene rings is 2. The van der Waals surface area contributed by atoms with Crippen molar-refractivity contribution >= 4 is 11.9 Å². The van der Waals surface area contributed by atoms with E-state index in [0.29, 0.717) is 42.4 Å². The molecule has 2 N–H and O–H groups in total. The van der Waals surface area contributed by atoms with E-state index in [1.165, 1.54) is 7.11 Å². The third kappa shape index (κ3) is 6.16. The number of carboxylic acid groups (broad SMARTS) is 1. The summed E-state index contributed by atoms with van der Waals surface area (Å²) in [7, 11) is 3.09. The van der Waals surface area contributed by atoms with Gasteiger partial charge in [0.15, 0.2) is 5.60 Å². The van der Waals surface area contributed by atoms with Gasteiger partial charge in [-0.15, -0.1) is 0 Å². The molecular weight excluding hydrogens is 498 g/mol. The molecule has 8 heteroatoms. The summed E-state index contributed by atoms with van der Waals surface area (Å²) in [5.74, 6) is -0.376. The van der Waals surface area contributed by atoms with Gasteiger partial charge in [-0.2, -0.15) is 0 Å². The Morgan fingerprint density at radius 3 is 2.59 bits per heavy atom. The van der Waals surface area contributed by atoms with Gasteiger partial charge in [0.25, 0.3) is 11.7 Å². The molecule has 1 amide bonds. The number of ether oxygens (including phenoxy) is 4. The second-order valence-corrected chi connectivity index (χ2v) is 10.6. The summed E-state index contributed by atoms with van der Waals surface area (Å²) in [5.41, 5.74) is 1.53. The molecule has 0 bridgehead atoms. The first-order valence-corrected chi connectivity index (χ1v) is 14.0. The van der Waals surface area contributed by atoms with E-state index in [2.05, 4.69) is 24.4 Å². The lowest BCUT2D eigenvalue weighted by Gasteiger charge is -2.52. The third-order valence-corrected chi connectivity index (χ3v) is 7.62. The Morgan fingerprint density at radius 1 is 1.15 bits per heavy atom. The molecule has 8 nitrogen and oxygen atoms in total. The average Bonchev–Trinajstić information content (AvgIpc) is 3.74. The van der Waals surface area contributed by atoms with E-state index in [9.17, 15) is 14.7 Å². The number of hydrogen-bond donors (Lipinski definition) is 2. The molecule has 0 radical (unpaired) electrons. The van der Waals surface area contributed by atoms with Crippen LogP contribution in [0.3, 0.4) is 0 Å². The minimum atomic E-state index is -1.31. The molecule has 2 aromatic rings. The van der Waals surface area contributed by atoms with Gasteiger partial charge in [-0.05, 0) is 48.4 Å². The Kier molecular flexibility index (Phi) is 9.05. The number of hydrogen-bond acceptors (Lipinski definition) is 6. The van der Waals surface area contributed by atoms with E-state index in [-0.39, 0.29) is 18.7 Å². The van der Waals surface area contributed by atoms with Gasteiger partial charge in [0, 0.05) is 26.0 Å². The molecule has 2 unspecified atom stereocenters. The van der Waals surface area contributed by atoms with Crippen LogP contribution in [0.25, 0.3) is 0 Å². The van der Waals surface area contributed by atoms with E-state index in [4.69, 9.17) is 18.9 Å². The van der Waals surface area contributed by atoms with Gasteiger partial charge in [-0.3, -0.25) is 9.59 Å². The van der Waals surface area contributed by atoms with Crippen molar-refractivity contribution in [3.05, 3.63) is 53.1 Å². The van der Waals surface area contributed by atoms with Gasteiger partial charge in [0.2, 0.25) is 0 Å². The first-order valence-electron chi connectivity index (χ1n) is 14.0. The Balaban J connectivity index is 1.87. The fourth-order valence-corrected chi connectivity index (χ4v) is 5.58. The van der Waals surface area contributed by atoms with Crippen molar-refractivity contribution in [3.8, 4) is 17.2 Å². The van der Waals surface area contributed by atoms with Crippen LogP contribution in [0.5, 0.6) is 17.2 Å². The highest BCUT2D eigenvalue weighted by atomic mass is 16.7. The lowest BCUT2D eigenvalue weighted by molar-refractivity contribution is -0.289.